The Labute approximate surface area is 192 Å². The zero-order chi connectivity index (χ0) is 22.8. The quantitative estimate of drug-likeness (QED) is 0.592. The van der Waals surface area contributed by atoms with Gasteiger partial charge in [0.2, 0.25) is 5.95 Å². The van der Waals surface area contributed by atoms with Crippen molar-refractivity contribution in [1.29, 1.82) is 0 Å². The van der Waals surface area contributed by atoms with Crippen LogP contribution >= 0.6 is 0 Å². The van der Waals surface area contributed by atoms with Crippen LogP contribution in [0.2, 0.25) is 0 Å². The van der Waals surface area contributed by atoms with Gasteiger partial charge in [0.25, 0.3) is 0 Å². The minimum absolute atomic E-state index is 0.0392. The molecule has 1 atom stereocenters. The van der Waals surface area contributed by atoms with Crippen molar-refractivity contribution in [2.24, 2.45) is 5.16 Å². The lowest BCUT2D eigenvalue weighted by Gasteiger charge is -2.28. The second kappa shape index (κ2) is 9.23. The molecule has 0 bridgehead atoms. The normalized spacial score (nSPS) is 19.9. The van der Waals surface area contributed by atoms with Crippen LogP contribution < -0.4 is 11.1 Å². The van der Waals surface area contributed by atoms with Gasteiger partial charge in [0.15, 0.2) is 0 Å². The van der Waals surface area contributed by atoms with Gasteiger partial charge in [-0.05, 0) is 74.5 Å². The molecular formula is C25H27FN6O. The van der Waals surface area contributed by atoms with Crippen LogP contribution in [0.5, 0.6) is 0 Å². The first-order valence-electron chi connectivity index (χ1n) is 11.3. The van der Waals surface area contributed by atoms with Crippen molar-refractivity contribution < 1.29 is 9.23 Å². The number of aromatic nitrogens is 3. The van der Waals surface area contributed by atoms with E-state index >= 15 is 0 Å². The summed E-state index contributed by atoms with van der Waals surface area (Å²) in [5, 5.41) is 7.96. The molecule has 5 rings (SSSR count). The number of nitrogens with zero attached hydrogens (tertiary/aromatic N) is 4. The van der Waals surface area contributed by atoms with Gasteiger partial charge >= 0.3 is 0 Å². The van der Waals surface area contributed by atoms with Gasteiger partial charge in [-0.25, -0.2) is 14.4 Å². The molecule has 1 fully saturated rings. The summed E-state index contributed by atoms with van der Waals surface area (Å²) in [6, 6.07) is 8.74. The van der Waals surface area contributed by atoms with Crippen LogP contribution in [-0.2, 0) is 11.3 Å². The lowest BCUT2D eigenvalue weighted by atomic mass is 9.78. The van der Waals surface area contributed by atoms with Gasteiger partial charge in [-0.15, -0.1) is 0 Å². The molecule has 2 aromatic heterocycles. The average molecular weight is 447 g/mol. The van der Waals surface area contributed by atoms with E-state index < -0.39 is 0 Å². The molecule has 7 nitrogen and oxygen atoms in total. The van der Waals surface area contributed by atoms with Crippen molar-refractivity contribution in [3.8, 4) is 11.1 Å². The van der Waals surface area contributed by atoms with Gasteiger partial charge < -0.3 is 15.9 Å². The molecule has 0 radical (unpaired) electrons. The topological polar surface area (TPSA) is 98.3 Å². The number of hydrogen-bond acceptors (Lipinski definition) is 7. The number of oxime groups is 1. The number of piperidine rings is 1. The summed E-state index contributed by atoms with van der Waals surface area (Å²) in [4.78, 5) is 19.1. The molecule has 33 heavy (non-hydrogen) atoms. The highest BCUT2D eigenvalue weighted by molar-refractivity contribution is 6.03. The minimum Gasteiger partial charge on any atom is -0.392 e. The van der Waals surface area contributed by atoms with Crippen molar-refractivity contribution in [2.45, 2.75) is 44.6 Å². The number of anilines is 1. The van der Waals surface area contributed by atoms with Gasteiger partial charge in [0.1, 0.15) is 11.9 Å². The molecule has 1 aliphatic heterocycles. The molecule has 0 amide bonds. The van der Waals surface area contributed by atoms with Crippen LogP contribution in [0.15, 0.2) is 47.9 Å². The fourth-order valence-corrected chi connectivity index (χ4v) is 4.82. The first-order chi connectivity index (χ1) is 16.1. The number of halogens is 1. The van der Waals surface area contributed by atoms with Crippen LogP contribution in [-0.4, -0.2) is 39.9 Å². The van der Waals surface area contributed by atoms with Gasteiger partial charge in [0.05, 0.1) is 17.1 Å². The fourth-order valence-electron chi connectivity index (χ4n) is 4.82. The van der Waals surface area contributed by atoms with E-state index in [9.17, 15) is 4.39 Å². The predicted octanol–water partition coefficient (Wildman–Crippen LogP) is 3.77. The molecule has 1 saturated heterocycles. The van der Waals surface area contributed by atoms with Crippen LogP contribution in [0.4, 0.5) is 10.3 Å². The molecule has 2 aliphatic rings. The second-order valence-electron chi connectivity index (χ2n) is 8.66. The molecule has 0 saturated carbocycles. The smallest absolute Gasteiger partial charge is 0.220 e. The predicted molar refractivity (Wildman–Crippen MR) is 125 cm³/mol. The van der Waals surface area contributed by atoms with E-state index in [4.69, 9.17) is 10.6 Å². The number of rotatable bonds is 4. The summed E-state index contributed by atoms with van der Waals surface area (Å²) in [6.45, 7) is 3.78. The lowest BCUT2D eigenvalue weighted by molar-refractivity contribution is 0.0372. The first kappa shape index (κ1) is 21.5. The number of benzene rings is 1. The summed E-state index contributed by atoms with van der Waals surface area (Å²) in [5.74, 6) is 0.00819. The van der Waals surface area contributed by atoms with Crippen LogP contribution in [0.3, 0.4) is 0 Å². The lowest BCUT2D eigenvalue weighted by Crippen LogP contribution is -2.32. The number of pyridine rings is 1. The summed E-state index contributed by atoms with van der Waals surface area (Å²) >= 11 is 0. The molecule has 3 N–H and O–H groups in total. The van der Waals surface area contributed by atoms with Crippen molar-refractivity contribution in [2.75, 3.05) is 18.8 Å². The number of nitrogens with one attached hydrogen (secondary N) is 1. The number of aryl methyl sites for hydroxylation is 1. The summed E-state index contributed by atoms with van der Waals surface area (Å²) in [5.41, 5.74) is 12.1. The molecule has 8 heteroatoms. The SMILES string of the molecule is Cc1nc(N)nc2c1/C(=N/OC1CCNCC1)CC(c1ccc(F)cc1-c1cccnc1)C2. The number of hydrogen-bond donors (Lipinski definition) is 2. The standard InChI is InChI=1S/C25H27FN6O/c1-15-24-22(31-25(27)30-15)11-17(12-23(24)32-33-19-6-9-28-10-7-19)20-5-4-18(26)13-21(20)16-3-2-8-29-14-16/h2-5,8,13-14,17,19,28H,6-7,9-12H2,1H3,(H2,27,30,31)/b32-23+. The highest BCUT2D eigenvalue weighted by Crippen LogP contribution is 2.38. The zero-order valence-electron chi connectivity index (χ0n) is 18.6. The van der Waals surface area contributed by atoms with Crippen molar-refractivity contribution in [3.05, 3.63) is 71.1 Å². The Morgan fingerprint density at radius 2 is 2.00 bits per heavy atom. The van der Waals surface area contributed by atoms with E-state index in [2.05, 4.69) is 25.4 Å². The van der Waals surface area contributed by atoms with E-state index in [1.54, 1.807) is 18.5 Å². The molecular weight excluding hydrogens is 419 g/mol. The van der Waals surface area contributed by atoms with Crippen molar-refractivity contribution in [1.82, 2.24) is 20.3 Å². The molecule has 170 valence electrons. The minimum atomic E-state index is -0.278. The van der Waals surface area contributed by atoms with E-state index in [1.165, 1.54) is 6.07 Å². The number of nitrogens with two attached hydrogens (primary N) is 1. The number of fused-ring (bicyclic) bond motifs is 1. The molecule has 0 spiro atoms. The summed E-state index contributed by atoms with van der Waals surface area (Å²) in [6.07, 6.45) is 6.72. The van der Waals surface area contributed by atoms with Crippen LogP contribution in [0.25, 0.3) is 11.1 Å². The Balaban J connectivity index is 1.55. The maximum atomic E-state index is 14.2. The van der Waals surface area contributed by atoms with E-state index in [0.29, 0.717) is 12.8 Å². The highest BCUT2D eigenvalue weighted by Gasteiger charge is 2.31. The van der Waals surface area contributed by atoms with Gasteiger partial charge in [0, 0.05) is 29.9 Å². The Kier molecular flexibility index (Phi) is 6.00. The molecule has 3 aromatic rings. The van der Waals surface area contributed by atoms with Crippen LogP contribution in [0.1, 0.15) is 47.7 Å². The maximum absolute atomic E-state index is 14.2. The Morgan fingerprint density at radius 1 is 1.15 bits per heavy atom. The van der Waals surface area contributed by atoms with Gasteiger partial charge in [-0.3, -0.25) is 4.98 Å². The van der Waals surface area contributed by atoms with Crippen molar-refractivity contribution >= 4 is 11.7 Å². The van der Waals surface area contributed by atoms with E-state index in [1.807, 2.05) is 25.1 Å². The molecule has 1 unspecified atom stereocenters. The third kappa shape index (κ3) is 4.57. The third-order valence-electron chi connectivity index (χ3n) is 6.38. The van der Waals surface area contributed by atoms with Crippen LogP contribution in [0, 0.1) is 12.7 Å². The largest absolute Gasteiger partial charge is 0.392 e. The Hall–Kier alpha value is -3.39. The highest BCUT2D eigenvalue weighted by atomic mass is 19.1. The van der Waals surface area contributed by atoms with Crippen molar-refractivity contribution in [3.63, 3.8) is 0 Å². The molecule has 1 aliphatic carbocycles. The second-order valence-corrected chi connectivity index (χ2v) is 8.66. The maximum Gasteiger partial charge on any atom is 0.220 e. The Bertz CT molecular complexity index is 1180. The van der Waals surface area contributed by atoms with Gasteiger partial charge in [-0.1, -0.05) is 17.3 Å². The van der Waals surface area contributed by atoms with Gasteiger partial charge in [-0.2, -0.15) is 0 Å². The van der Waals surface area contributed by atoms with E-state index in [-0.39, 0.29) is 23.8 Å². The average Bonchev–Trinajstić information content (AvgIpc) is 2.83. The summed E-state index contributed by atoms with van der Waals surface area (Å²) < 4.78 is 14.2. The fraction of sp³-hybridized carbons (Fsp3) is 0.360. The first-order valence-corrected chi connectivity index (χ1v) is 11.3. The number of nitrogen functional groups attached to an aromatic ring is 1. The Morgan fingerprint density at radius 3 is 2.79 bits per heavy atom. The zero-order valence-corrected chi connectivity index (χ0v) is 18.6. The summed E-state index contributed by atoms with van der Waals surface area (Å²) in [7, 11) is 0. The van der Waals surface area contributed by atoms with E-state index in [0.717, 1.165) is 65.3 Å². The monoisotopic (exact) mass is 446 g/mol. The molecule has 3 heterocycles. The molecule has 1 aromatic carbocycles. The third-order valence-corrected chi connectivity index (χ3v) is 6.38.